The van der Waals surface area contributed by atoms with Gasteiger partial charge in [0.25, 0.3) is 5.91 Å². The van der Waals surface area contributed by atoms with Crippen LogP contribution in [0, 0.1) is 0 Å². The third kappa shape index (κ3) is 4.28. The summed E-state index contributed by atoms with van der Waals surface area (Å²) in [5.41, 5.74) is 8.37. The van der Waals surface area contributed by atoms with Crippen LogP contribution in [0.25, 0.3) is 0 Å². The summed E-state index contributed by atoms with van der Waals surface area (Å²) in [7, 11) is 1.80. The van der Waals surface area contributed by atoms with Gasteiger partial charge in [-0.15, -0.1) is 11.3 Å². The van der Waals surface area contributed by atoms with Gasteiger partial charge in [-0.2, -0.15) is 0 Å². The zero-order chi connectivity index (χ0) is 15.4. The molecule has 2 N–H and O–H groups in total. The zero-order valence-corrected chi connectivity index (χ0v) is 14.5. The number of carbonyl (C=O) groups is 1. The predicted molar refractivity (Wildman–Crippen MR) is 90.5 cm³/mol. The van der Waals surface area contributed by atoms with Crippen LogP contribution in [0.15, 0.2) is 27.4 Å². The van der Waals surface area contributed by atoms with Crippen molar-refractivity contribution < 1.29 is 4.79 Å². The number of halogens is 1. The number of anilines is 1. The van der Waals surface area contributed by atoms with E-state index >= 15 is 0 Å². The minimum Gasteiger partial charge on any atom is -0.384 e. The predicted octanol–water partition coefficient (Wildman–Crippen LogP) is 3.71. The molecule has 21 heavy (non-hydrogen) atoms. The Kier molecular flexibility index (Phi) is 5.36. The van der Waals surface area contributed by atoms with E-state index in [1.54, 1.807) is 29.4 Å². The number of rotatable bonds is 5. The normalized spacial score (nSPS) is 10.6. The van der Waals surface area contributed by atoms with Crippen molar-refractivity contribution in [3.8, 4) is 0 Å². The second kappa shape index (κ2) is 7.04. The topological polar surface area (TPSA) is 59.2 Å². The largest absolute Gasteiger partial charge is 0.384 e. The number of nitrogens with zero attached hydrogens (tertiary/aromatic N) is 2. The lowest BCUT2D eigenvalue weighted by Crippen LogP contribution is -2.26. The summed E-state index contributed by atoms with van der Waals surface area (Å²) in [6.07, 6.45) is 1.80. The molecule has 0 aliphatic rings. The van der Waals surface area contributed by atoms with Crippen molar-refractivity contribution in [3.05, 3.63) is 44.2 Å². The quantitative estimate of drug-likeness (QED) is 0.875. The molecule has 0 aliphatic heterocycles. The molecular formula is C15H18BrN3OS. The molecule has 0 aromatic carbocycles. The Morgan fingerprint density at radius 1 is 1.43 bits per heavy atom. The molecule has 0 fully saturated rings. The molecule has 0 atom stereocenters. The van der Waals surface area contributed by atoms with Crippen molar-refractivity contribution >= 4 is 39.0 Å². The molecule has 0 saturated heterocycles. The Bertz CT molecular complexity index is 642. The molecule has 0 radical (unpaired) electrons. The summed E-state index contributed by atoms with van der Waals surface area (Å²) in [6.45, 7) is 2.65. The van der Waals surface area contributed by atoms with Crippen LogP contribution >= 0.6 is 27.3 Å². The molecule has 112 valence electrons. The molecule has 2 heterocycles. The fourth-order valence-corrected chi connectivity index (χ4v) is 3.31. The van der Waals surface area contributed by atoms with Crippen molar-refractivity contribution in [1.29, 1.82) is 0 Å². The highest BCUT2D eigenvalue weighted by Crippen LogP contribution is 2.22. The van der Waals surface area contributed by atoms with Crippen LogP contribution in [0.5, 0.6) is 0 Å². The molecular weight excluding hydrogens is 350 g/mol. The van der Waals surface area contributed by atoms with Crippen LogP contribution in [0.3, 0.4) is 0 Å². The van der Waals surface area contributed by atoms with Gasteiger partial charge in [-0.1, -0.05) is 13.3 Å². The smallest absolute Gasteiger partial charge is 0.254 e. The van der Waals surface area contributed by atoms with E-state index in [9.17, 15) is 4.79 Å². The molecule has 2 rings (SSSR count). The van der Waals surface area contributed by atoms with Crippen molar-refractivity contribution in [2.75, 3.05) is 12.8 Å². The third-order valence-electron chi connectivity index (χ3n) is 3.04. The number of pyridine rings is 1. The summed E-state index contributed by atoms with van der Waals surface area (Å²) >= 11 is 5.04. The summed E-state index contributed by atoms with van der Waals surface area (Å²) in [5, 5.41) is 2.04. The van der Waals surface area contributed by atoms with Crippen molar-refractivity contribution in [3.63, 3.8) is 0 Å². The number of aryl methyl sites for hydroxylation is 1. The van der Waals surface area contributed by atoms with Crippen molar-refractivity contribution in [2.24, 2.45) is 0 Å². The van der Waals surface area contributed by atoms with Crippen molar-refractivity contribution in [1.82, 2.24) is 9.88 Å². The first kappa shape index (κ1) is 16.0. The summed E-state index contributed by atoms with van der Waals surface area (Å²) in [4.78, 5) is 18.4. The molecule has 2 aromatic heterocycles. The fourth-order valence-electron chi connectivity index (χ4n) is 2.11. The van der Waals surface area contributed by atoms with E-state index in [2.05, 4.69) is 27.8 Å². The standard InChI is InChI=1S/C15H18BrN3OS/c1-3-4-12-6-11(7-14(17)18-12)15(20)19(2)8-10-5-13(16)21-9-10/h5-7,9H,3-4,8H2,1-2H3,(H2,17,18). The average Bonchev–Trinajstić information content (AvgIpc) is 2.83. The molecule has 0 bridgehead atoms. The second-order valence-corrected chi connectivity index (χ2v) is 7.23. The molecule has 2 aromatic rings. The van der Waals surface area contributed by atoms with E-state index in [-0.39, 0.29) is 5.91 Å². The zero-order valence-electron chi connectivity index (χ0n) is 12.1. The Morgan fingerprint density at radius 2 is 2.19 bits per heavy atom. The van der Waals surface area contributed by atoms with Gasteiger partial charge in [0.05, 0.1) is 3.79 Å². The minimum atomic E-state index is -0.0382. The van der Waals surface area contributed by atoms with E-state index < -0.39 is 0 Å². The first-order valence-electron chi connectivity index (χ1n) is 6.74. The van der Waals surface area contributed by atoms with Gasteiger partial charge in [-0.3, -0.25) is 4.79 Å². The van der Waals surface area contributed by atoms with Gasteiger partial charge in [-0.05, 0) is 51.5 Å². The molecule has 1 amide bonds. The maximum Gasteiger partial charge on any atom is 0.254 e. The van der Waals surface area contributed by atoms with Gasteiger partial charge < -0.3 is 10.6 Å². The third-order valence-corrected chi connectivity index (χ3v) is 4.59. The Labute approximate surface area is 137 Å². The molecule has 4 nitrogen and oxygen atoms in total. The number of amides is 1. The van der Waals surface area contributed by atoms with Crippen LogP contribution in [-0.4, -0.2) is 22.8 Å². The van der Waals surface area contributed by atoms with Crippen LogP contribution in [0.4, 0.5) is 5.82 Å². The number of carbonyl (C=O) groups excluding carboxylic acids is 1. The monoisotopic (exact) mass is 367 g/mol. The van der Waals surface area contributed by atoms with Gasteiger partial charge in [0.1, 0.15) is 5.82 Å². The lowest BCUT2D eigenvalue weighted by atomic mass is 10.1. The number of hydrogen-bond acceptors (Lipinski definition) is 4. The Hall–Kier alpha value is -1.40. The first-order chi connectivity index (χ1) is 9.99. The van der Waals surface area contributed by atoms with Crippen LogP contribution < -0.4 is 5.73 Å². The maximum absolute atomic E-state index is 12.5. The molecule has 0 saturated carbocycles. The number of nitrogen functional groups attached to an aromatic ring is 1. The van der Waals surface area contributed by atoms with Gasteiger partial charge in [-0.25, -0.2) is 4.98 Å². The lowest BCUT2D eigenvalue weighted by Gasteiger charge is -2.17. The van der Waals surface area contributed by atoms with Gasteiger partial charge in [0.2, 0.25) is 0 Å². The van der Waals surface area contributed by atoms with E-state index in [1.165, 1.54) is 0 Å². The number of nitrogens with two attached hydrogens (primary N) is 1. The van der Waals surface area contributed by atoms with Crippen LogP contribution in [0.1, 0.15) is 35.0 Å². The van der Waals surface area contributed by atoms with Gasteiger partial charge >= 0.3 is 0 Å². The number of aromatic nitrogens is 1. The second-order valence-electron chi connectivity index (χ2n) is 4.94. The molecule has 0 unspecified atom stereocenters. The van der Waals surface area contributed by atoms with E-state index in [4.69, 9.17) is 5.73 Å². The SMILES string of the molecule is CCCc1cc(C(=O)N(C)Cc2csc(Br)c2)cc(N)n1. The number of hydrogen-bond donors (Lipinski definition) is 1. The first-order valence-corrected chi connectivity index (χ1v) is 8.41. The van der Waals surface area contributed by atoms with Crippen LogP contribution in [0.2, 0.25) is 0 Å². The summed E-state index contributed by atoms with van der Waals surface area (Å²) in [6, 6.07) is 5.50. The number of thiophene rings is 1. The van der Waals surface area contributed by atoms with Gasteiger partial charge in [0.15, 0.2) is 0 Å². The highest BCUT2D eigenvalue weighted by atomic mass is 79.9. The Morgan fingerprint density at radius 3 is 2.81 bits per heavy atom. The van der Waals surface area contributed by atoms with Crippen LogP contribution in [-0.2, 0) is 13.0 Å². The highest BCUT2D eigenvalue weighted by Gasteiger charge is 2.14. The van der Waals surface area contributed by atoms with E-state index in [0.717, 1.165) is 27.9 Å². The van der Waals surface area contributed by atoms with Gasteiger partial charge in [0, 0.05) is 24.8 Å². The maximum atomic E-state index is 12.5. The highest BCUT2D eigenvalue weighted by molar-refractivity contribution is 9.11. The summed E-state index contributed by atoms with van der Waals surface area (Å²) in [5.74, 6) is 0.361. The van der Waals surface area contributed by atoms with Crippen molar-refractivity contribution in [2.45, 2.75) is 26.3 Å². The molecule has 0 aliphatic carbocycles. The molecule has 6 heteroatoms. The van der Waals surface area contributed by atoms with E-state index in [0.29, 0.717) is 17.9 Å². The lowest BCUT2D eigenvalue weighted by molar-refractivity contribution is 0.0785. The Balaban J connectivity index is 2.14. The van der Waals surface area contributed by atoms with E-state index in [1.807, 2.05) is 17.5 Å². The molecule has 0 spiro atoms. The average molecular weight is 368 g/mol. The minimum absolute atomic E-state index is 0.0382. The summed E-state index contributed by atoms with van der Waals surface area (Å²) < 4.78 is 1.07. The fraction of sp³-hybridized carbons (Fsp3) is 0.333.